The van der Waals surface area contributed by atoms with E-state index in [1.165, 1.54) is 26.0 Å². The van der Waals surface area contributed by atoms with Crippen LogP contribution in [0.1, 0.15) is 112 Å². The van der Waals surface area contributed by atoms with Crippen LogP contribution in [0.2, 0.25) is 0 Å². The lowest BCUT2D eigenvalue weighted by molar-refractivity contribution is -0.135. The average molecular weight is 866 g/mol. The number of fused-ring (bicyclic) bond motifs is 2. The standard InChI is InChI=1S/C45H53F2N11O5/c1-27-23-55(24-28(2)63-27)37-18-21-56-42(50-37)33(22-48-56)43(60)49-34-26-57(52-39(34)41(46)47)32-12-10-30(11-13-32)25-54-19-16-29(17-20-54)6-4-7-31-8-5-9-35-40(31)53(3)45(62)58(35)36-14-15-38(59)51-44(36)61/h5,8-9,18,21-22,26-30,32,36,41H,6,10-17,19-20,23-25H2,1-3H3,(H,49,60)(H,51,59,61)/t27-,28+,30?,32?,36?. The minimum Gasteiger partial charge on any atom is -0.372 e. The summed E-state index contributed by atoms with van der Waals surface area (Å²) >= 11 is 0. The van der Waals surface area contributed by atoms with Crippen molar-refractivity contribution >= 4 is 45.9 Å². The predicted octanol–water partition coefficient (Wildman–Crippen LogP) is 5.25. The molecule has 3 atom stereocenters. The summed E-state index contributed by atoms with van der Waals surface area (Å²) in [5.74, 6) is 6.96. The molecule has 16 nitrogen and oxygen atoms in total. The molecule has 1 aliphatic carbocycles. The van der Waals surface area contributed by atoms with Gasteiger partial charge in [-0.05, 0) is 102 Å². The number of carbonyl (C=O) groups excluding carboxylic acids is 3. The molecule has 1 aromatic carbocycles. The van der Waals surface area contributed by atoms with Crippen molar-refractivity contribution in [2.24, 2.45) is 18.9 Å². The second-order valence-electron chi connectivity index (χ2n) is 17.7. The van der Waals surface area contributed by atoms with E-state index in [0.29, 0.717) is 47.4 Å². The van der Waals surface area contributed by atoms with Crippen molar-refractivity contribution < 1.29 is 27.9 Å². The highest BCUT2D eigenvalue weighted by molar-refractivity contribution is 6.08. The molecule has 3 saturated heterocycles. The fourth-order valence-electron chi connectivity index (χ4n) is 9.99. The first-order valence-corrected chi connectivity index (χ1v) is 22.1. The Morgan fingerprint density at radius 1 is 1.00 bits per heavy atom. The number of ether oxygens (including phenoxy) is 1. The number of piperidine rings is 2. The SMILES string of the molecule is C[C@@H]1CN(c2ccn3ncc(C(=O)Nc4cn(C5CCC(CN6CCC(CC#Cc7cccc8c7n(C)c(=O)n8C7CCC(=O)NC7=O)CC6)CC5)nc4C(F)F)c3n2)C[C@H](C)O1. The van der Waals surface area contributed by atoms with Crippen molar-refractivity contribution in [3.05, 3.63) is 70.2 Å². The van der Waals surface area contributed by atoms with Gasteiger partial charge in [0, 0.05) is 51.9 Å². The van der Waals surface area contributed by atoms with Crippen LogP contribution in [0.25, 0.3) is 16.7 Å². The van der Waals surface area contributed by atoms with Gasteiger partial charge in [-0.25, -0.2) is 23.1 Å². The van der Waals surface area contributed by atoms with E-state index in [1.54, 1.807) is 17.9 Å². The van der Waals surface area contributed by atoms with Crippen LogP contribution in [0.5, 0.6) is 0 Å². The maximum atomic E-state index is 14.3. The molecule has 332 valence electrons. The van der Waals surface area contributed by atoms with Crippen LogP contribution in [0.15, 0.2) is 47.7 Å². The van der Waals surface area contributed by atoms with Crippen LogP contribution >= 0.6 is 0 Å². The molecule has 4 aliphatic rings. The summed E-state index contributed by atoms with van der Waals surface area (Å²) in [7, 11) is 1.69. The lowest BCUT2D eigenvalue weighted by atomic mass is 9.85. The maximum Gasteiger partial charge on any atom is 0.329 e. The number of imidazole rings is 1. The smallest absolute Gasteiger partial charge is 0.329 e. The predicted molar refractivity (Wildman–Crippen MR) is 231 cm³/mol. The van der Waals surface area contributed by atoms with Crippen LogP contribution in [0.3, 0.4) is 0 Å². The number of nitrogens with zero attached hydrogens (tertiary/aromatic N) is 9. The summed E-state index contributed by atoms with van der Waals surface area (Å²) in [6.45, 7) is 8.28. The molecule has 18 heteroatoms. The highest BCUT2D eigenvalue weighted by Crippen LogP contribution is 2.36. The fraction of sp³-hybridized carbons (Fsp3) is 0.533. The average Bonchev–Trinajstić information content (AvgIpc) is 3.96. The Hall–Kier alpha value is -5.93. The number of rotatable bonds is 9. The zero-order valence-electron chi connectivity index (χ0n) is 35.8. The summed E-state index contributed by atoms with van der Waals surface area (Å²) < 4.78 is 40.6. The Bertz CT molecular complexity index is 2650. The third-order valence-corrected chi connectivity index (χ3v) is 13.2. The van der Waals surface area contributed by atoms with Crippen LogP contribution in [0.4, 0.5) is 20.3 Å². The van der Waals surface area contributed by atoms with E-state index in [2.05, 4.69) is 42.5 Å². The minimum atomic E-state index is -2.87. The Labute approximate surface area is 362 Å². The van der Waals surface area contributed by atoms with Gasteiger partial charge < -0.3 is 19.9 Å². The number of anilines is 2. The lowest BCUT2D eigenvalue weighted by Gasteiger charge is -2.36. The van der Waals surface area contributed by atoms with Gasteiger partial charge in [-0.1, -0.05) is 17.9 Å². The van der Waals surface area contributed by atoms with Crippen LogP contribution in [-0.2, 0) is 21.4 Å². The summed E-state index contributed by atoms with van der Waals surface area (Å²) in [6.07, 6.45) is 8.67. The Morgan fingerprint density at radius 2 is 1.76 bits per heavy atom. The van der Waals surface area contributed by atoms with Gasteiger partial charge in [0.25, 0.3) is 12.3 Å². The van der Waals surface area contributed by atoms with Crippen molar-refractivity contribution in [3.8, 4) is 11.8 Å². The molecule has 0 spiro atoms. The molecule has 9 rings (SSSR count). The van der Waals surface area contributed by atoms with Gasteiger partial charge >= 0.3 is 5.69 Å². The zero-order valence-corrected chi connectivity index (χ0v) is 35.8. The first-order chi connectivity index (χ1) is 30.4. The number of likely N-dealkylation sites (tertiary alicyclic amines) is 1. The monoisotopic (exact) mass is 865 g/mol. The number of aryl methyl sites for hydroxylation is 1. The number of imide groups is 1. The van der Waals surface area contributed by atoms with E-state index in [0.717, 1.165) is 70.1 Å². The molecule has 4 fully saturated rings. The molecule has 4 aromatic heterocycles. The van der Waals surface area contributed by atoms with E-state index in [1.807, 2.05) is 38.1 Å². The van der Waals surface area contributed by atoms with E-state index in [4.69, 9.17) is 9.72 Å². The van der Waals surface area contributed by atoms with Crippen molar-refractivity contribution in [2.75, 3.05) is 42.9 Å². The molecular weight excluding hydrogens is 813 g/mol. The van der Waals surface area contributed by atoms with Crippen LogP contribution < -0.4 is 21.2 Å². The van der Waals surface area contributed by atoms with Gasteiger partial charge in [-0.2, -0.15) is 10.2 Å². The van der Waals surface area contributed by atoms with E-state index >= 15 is 0 Å². The number of nitrogens with one attached hydrogen (secondary N) is 2. The third kappa shape index (κ3) is 8.72. The van der Waals surface area contributed by atoms with Gasteiger partial charge in [0.2, 0.25) is 11.8 Å². The number of benzene rings is 1. The first-order valence-electron chi connectivity index (χ1n) is 22.1. The second kappa shape index (κ2) is 17.7. The Balaban J connectivity index is 0.770. The van der Waals surface area contributed by atoms with Crippen LogP contribution in [0, 0.1) is 23.7 Å². The summed E-state index contributed by atoms with van der Waals surface area (Å²) in [6, 6.07) is 6.61. The normalized spacial score (nSPS) is 23.9. The molecule has 5 aromatic rings. The Kier molecular flexibility index (Phi) is 11.9. The number of aromatic nitrogens is 7. The largest absolute Gasteiger partial charge is 0.372 e. The first kappa shape index (κ1) is 42.4. The molecule has 7 heterocycles. The molecule has 63 heavy (non-hydrogen) atoms. The van der Waals surface area contributed by atoms with Gasteiger partial charge in [-0.3, -0.25) is 33.5 Å². The lowest BCUT2D eigenvalue weighted by Crippen LogP contribution is -2.45. The quantitative estimate of drug-likeness (QED) is 0.148. The summed E-state index contributed by atoms with van der Waals surface area (Å²) in [5, 5.41) is 13.6. The molecule has 0 bridgehead atoms. The third-order valence-electron chi connectivity index (χ3n) is 13.2. The van der Waals surface area contributed by atoms with Crippen molar-refractivity contribution in [3.63, 3.8) is 0 Å². The van der Waals surface area contributed by atoms with Crippen molar-refractivity contribution in [1.82, 2.24) is 43.7 Å². The van der Waals surface area contributed by atoms with E-state index < -0.39 is 30.0 Å². The number of alkyl halides is 2. The highest BCUT2D eigenvalue weighted by Gasteiger charge is 2.33. The van der Waals surface area contributed by atoms with Gasteiger partial charge in [0.05, 0.1) is 46.7 Å². The second-order valence-corrected chi connectivity index (χ2v) is 17.7. The van der Waals surface area contributed by atoms with E-state index in [-0.39, 0.29) is 53.9 Å². The number of amides is 3. The number of para-hydroxylation sites is 1. The summed E-state index contributed by atoms with van der Waals surface area (Å²) in [4.78, 5) is 60.6. The number of hydrogen-bond donors (Lipinski definition) is 2. The van der Waals surface area contributed by atoms with E-state index in [9.17, 15) is 28.0 Å². The number of halogens is 2. The Morgan fingerprint density at radius 3 is 2.49 bits per heavy atom. The topological polar surface area (TPSA) is 166 Å². The number of carbonyl (C=O) groups is 3. The maximum absolute atomic E-state index is 14.3. The van der Waals surface area contributed by atoms with Crippen molar-refractivity contribution in [2.45, 2.75) is 102 Å². The number of morpholine rings is 1. The fourth-order valence-corrected chi connectivity index (χ4v) is 9.99. The van der Waals surface area contributed by atoms with Gasteiger partial charge in [0.1, 0.15) is 17.4 Å². The highest BCUT2D eigenvalue weighted by atomic mass is 19.3. The molecular formula is C45H53F2N11O5. The molecule has 3 amide bonds. The minimum absolute atomic E-state index is 0.0115. The van der Waals surface area contributed by atoms with Crippen LogP contribution in [-0.4, -0.2) is 101 Å². The summed E-state index contributed by atoms with van der Waals surface area (Å²) in [5.41, 5.74) is 1.78. The number of hydrogen-bond acceptors (Lipinski definition) is 10. The molecule has 0 radical (unpaired) electrons. The molecule has 2 N–H and O–H groups in total. The molecule has 1 unspecified atom stereocenters. The van der Waals surface area contributed by atoms with Gasteiger partial charge in [0.15, 0.2) is 11.3 Å². The van der Waals surface area contributed by atoms with Gasteiger partial charge in [-0.15, -0.1) is 0 Å². The molecule has 3 aliphatic heterocycles. The zero-order chi connectivity index (χ0) is 43.9. The molecule has 1 saturated carbocycles. The van der Waals surface area contributed by atoms with Crippen molar-refractivity contribution in [1.29, 1.82) is 0 Å².